The zero-order valence-corrected chi connectivity index (χ0v) is 12.8. The van der Waals surface area contributed by atoms with E-state index < -0.39 is 0 Å². The molecule has 2 aromatic rings. The zero-order valence-electron chi connectivity index (χ0n) is 12.0. The first-order chi connectivity index (χ1) is 10.3. The Labute approximate surface area is 128 Å². The van der Waals surface area contributed by atoms with Crippen LogP contribution in [0, 0.1) is 0 Å². The minimum absolute atomic E-state index is 0.0160. The molecule has 0 spiro atoms. The second-order valence-electron chi connectivity index (χ2n) is 5.01. The average molecular weight is 302 g/mol. The number of nitrogens with zero attached hydrogens (tertiary/aromatic N) is 1. The molecule has 1 aliphatic heterocycles. The average Bonchev–Trinajstić information content (AvgIpc) is 3.00. The third-order valence-electron chi connectivity index (χ3n) is 3.72. The third-order valence-corrected chi connectivity index (χ3v) is 4.74. The third kappa shape index (κ3) is 3.03. The molecule has 0 atom stereocenters. The number of nitrogens with one attached hydrogen (secondary N) is 1. The number of carbonyl (C=O) groups excluding carboxylic acids is 1. The maximum atomic E-state index is 12.3. The molecule has 0 unspecified atom stereocenters. The minimum atomic E-state index is -0.0160. The predicted octanol–water partition coefficient (Wildman–Crippen LogP) is 3.02. The number of carbonyl (C=O) groups is 1. The Bertz CT molecular complexity index is 639. The fourth-order valence-corrected chi connectivity index (χ4v) is 3.44. The Hall–Kier alpha value is -2.01. The molecule has 21 heavy (non-hydrogen) atoms. The molecule has 1 aromatic heterocycles. The summed E-state index contributed by atoms with van der Waals surface area (Å²) in [7, 11) is 1.64. The smallest absolute Gasteiger partial charge is 0.317 e. The van der Waals surface area contributed by atoms with Crippen molar-refractivity contribution in [2.45, 2.75) is 19.5 Å². The Morgan fingerprint density at radius 1 is 1.38 bits per heavy atom. The van der Waals surface area contributed by atoms with Crippen molar-refractivity contribution in [1.29, 1.82) is 0 Å². The molecule has 110 valence electrons. The second-order valence-corrected chi connectivity index (χ2v) is 6.01. The first-order valence-electron chi connectivity index (χ1n) is 6.98. The molecule has 2 heterocycles. The van der Waals surface area contributed by atoms with Gasteiger partial charge < -0.3 is 15.0 Å². The van der Waals surface area contributed by atoms with E-state index in [1.165, 1.54) is 10.4 Å². The van der Waals surface area contributed by atoms with Gasteiger partial charge in [0.1, 0.15) is 5.75 Å². The number of urea groups is 1. The maximum Gasteiger partial charge on any atom is 0.317 e. The lowest BCUT2D eigenvalue weighted by Gasteiger charge is -2.27. The van der Waals surface area contributed by atoms with Crippen LogP contribution in [0.3, 0.4) is 0 Å². The lowest BCUT2D eigenvalue weighted by atomic mass is 10.1. The number of hydrogen-bond acceptors (Lipinski definition) is 3. The first kappa shape index (κ1) is 13.9. The summed E-state index contributed by atoms with van der Waals surface area (Å²) >= 11 is 1.78. The van der Waals surface area contributed by atoms with Crippen LogP contribution in [0.25, 0.3) is 0 Å². The molecule has 1 aliphatic rings. The van der Waals surface area contributed by atoms with Gasteiger partial charge in [0.25, 0.3) is 0 Å². The van der Waals surface area contributed by atoms with Gasteiger partial charge >= 0.3 is 6.03 Å². The highest BCUT2D eigenvalue weighted by Crippen LogP contribution is 2.24. The second kappa shape index (κ2) is 6.18. The molecule has 0 aliphatic carbocycles. The molecule has 2 amide bonds. The van der Waals surface area contributed by atoms with Crippen LogP contribution in [-0.2, 0) is 19.5 Å². The van der Waals surface area contributed by atoms with Crippen LogP contribution >= 0.6 is 11.3 Å². The van der Waals surface area contributed by atoms with Crippen molar-refractivity contribution in [2.75, 3.05) is 13.7 Å². The summed E-state index contributed by atoms with van der Waals surface area (Å²) in [5.74, 6) is 0.802. The number of benzene rings is 1. The molecule has 3 rings (SSSR count). The van der Waals surface area contributed by atoms with Crippen LogP contribution in [0.5, 0.6) is 5.75 Å². The van der Waals surface area contributed by atoms with Crippen molar-refractivity contribution in [1.82, 2.24) is 10.2 Å². The van der Waals surface area contributed by atoms with Crippen molar-refractivity contribution < 1.29 is 9.53 Å². The highest BCUT2D eigenvalue weighted by Gasteiger charge is 2.21. The maximum absolute atomic E-state index is 12.3. The predicted molar refractivity (Wildman–Crippen MR) is 83.7 cm³/mol. The van der Waals surface area contributed by atoms with Gasteiger partial charge in [0.05, 0.1) is 7.11 Å². The molecule has 5 heteroatoms. The summed E-state index contributed by atoms with van der Waals surface area (Å²) in [5.41, 5.74) is 2.26. The highest BCUT2D eigenvalue weighted by atomic mass is 32.1. The van der Waals surface area contributed by atoms with E-state index in [0.29, 0.717) is 13.1 Å². The van der Waals surface area contributed by atoms with Crippen molar-refractivity contribution in [3.05, 3.63) is 51.7 Å². The SMILES string of the molecule is COc1ccccc1CNC(=O)N1CCc2sccc2C1. The van der Waals surface area contributed by atoms with Crippen molar-refractivity contribution in [3.8, 4) is 5.75 Å². The Morgan fingerprint density at radius 3 is 3.10 bits per heavy atom. The van der Waals surface area contributed by atoms with Crippen LogP contribution < -0.4 is 10.1 Å². The Balaban J connectivity index is 1.60. The molecule has 0 saturated heterocycles. The van der Waals surface area contributed by atoms with Gasteiger partial charge in [-0.05, 0) is 29.5 Å². The van der Waals surface area contributed by atoms with Crippen LogP contribution in [0.1, 0.15) is 16.0 Å². The van der Waals surface area contributed by atoms with Crippen molar-refractivity contribution in [2.24, 2.45) is 0 Å². The standard InChI is InChI=1S/C16H18N2O2S/c1-20-14-5-3-2-4-12(14)10-17-16(19)18-8-6-15-13(11-18)7-9-21-15/h2-5,7,9H,6,8,10-11H2,1H3,(H,17,19). The molecule has 1 aromatic carbocycles. The van der Waals surface area contributed by atoms with E-state index in [1.807, 2.05) is 29.2 Å². The fourth-order valence-electron chi connectivity index (χ4n) is 2.55. The van der Waals surface area contributed by atoms with Gasteiger partial charge in [-0.2, -0.15) is 0 Å². The van der Waals surface area contributed by atoms with Gasteiger partial charge in [-0.3, -0.25) is 0 Å². The van der Waals surface area contributed by atoms with Crippen molar-refractivity contribution in [3.63, 3.8) is 0 Å². The molecule has 0 saturated carbocycles. The molecule has 0 bridgehead atoms. The van der Waals surface area contributed by atoms with Gasteiger partial charge in [-0.15, -0.1) is 11.3 Å². The lowest BCUT2D eigenvalue weighted by Crippen LogP contribution is -2.42. The van der Waals surface area contributed by atoms with E-state index in [0.717, 1.165) is 24.3 Å². The number of ether oxygens (including phenoxy) is 1. The van der Waals surface area contributed by atoms with Gasteiger partial charge in [0.15, 0.2) is 0 Å². The highest BCUT2D eigenvalue weighted by molar-refractivity contribution is 7.10. The number of rotatable bonds is 3. The largest absolute Gasteiger partial charge is 0.496 e. The number of para-hydroxylation sites is 1. The molecule has 0 radical (unpaired) electrons. The number of thiophene rings is 1. The summed E-state index contributed by atoms with van der Waals surface area (Å²) in [6.07, 6.45) is 0.953. The zero-order chi connectivity index (χ0) is 14.7. The summed E-state index contributed by atoms with van der Waals surface area (Å²) in [4.78, 5) is 15.6. The molecular formula is C16H18N2O2S. The quantitative estimate of drug-likeness (QED) is 0.947. The van der Waals surface area contributed by atoms with Gasteiger partial charge in [0, 0.05) is 30.1 Å². The fraction of sp³-hybridized carbons (Fsp3) is 0.312. The normalized spacial score (nSPS) is 13.7. The van der Waals surface area contributed by atoms with Gasteiger partial charge in [0.2, 0.25) is 0 Å². The summed E-state index contributed by atoms with van der Waals surface area (Å²) in [6, 6.07) is 9.83. The molecule has 4 nitrogen and oxygen atoms in total. The van der Waals surface area contributed by atoms with Gasteiger partial charge in [-0.1, -0.05) is 18.2 Å². The van der Waals surface area contributed by atoms with Crippen LogP contribution in [-0.4, -0.2) is 24.6 Å². The Morgan fingerprint density at radius 2 is 2.24 bits per heavy atom. The molecular weight excluding hydrogens is 284 g/mol. The summed E-state index contributed by atoms with van der Waals surface area (Å²) in [5, 5.41) is 5.07. The molecule has 1 N–H and O–H groups in total. The van der Waals surface area contributed by atoms with E-state index in [9.17, 15) is 4.79 Å². The number of methoxy groups -OCH3 is 1. The van der Waals surface area contributed by atoms with Crippen LogP contribution in [0.4, 0.5) is 4.79 Å². The number of fused-ring (bicyclic) bond motifs is 1. The van der Waals surface area contributed by atoms with Crippen LogP contribution in [0.2, 0.25) is 0 Å². The van der Waals surface area contributed by atoms with E-state index in [4.69, 9.17) is 4.74 Å². The van der Waals surface area contributed by atoms with E-state index in [1.54, 1.807) is 18.4 Å². The van der Waals surface area contributed by atoms with Crippen LogP contribution in [0.15, 0.2) is 35.7 Å². The summed E-state index contributed by atoms with van der Waals surface area (Å²) in [6.45, 7) is 1.97. The van der Waals surface area contributed by atoms with E-state index >= 15 is 0 Å². The monoisotopic (exact) mass is 302 g/mol. The summed E-state index contributed by atoms with van der Waals surface area (Å²) < 4.78 is 5.30. The Kier molecular flexibility index (Phi) is 4.10. The van der Waals surface area contributed by atoms with E-state index in [2.05, 4.69) is 16.8 Å². The minimum Gasteiger partial charge on any atom is -0.496 e. The number of hydrogen-bond donors (Lipinski definition) is 1. The van der Waals surface area contributed by atoms with E-state index in [-0.39, 0.29) is 6.03 Å². The number of amides is 2. The first-order valence-corrected chi connectivity index (χ1v) is 7.86. The van der Waals surface area contributed by atoms with Gasteiger partial charge in [-0.25, -0.2) is 4.79 Å². The topological polar surface area (TPSA) is 41.6 Å². The van der Waals surface area contributed by atoms with Crippen molar-refractivity contribution >= 4 is 17.4 Å². The lowest BCUT2D eigenvalue weighted by molar-refractivity contribution is 0.192. The molecule has 0 fully saturated rings.